The highest BCUT2D eigenvalue weighted by Gasteiger charge is 2.12. The van der Waals surface area contributed by atoms with E-state index < -0.39 is 11.9 Å². The third-order valence-corrected chi connectivity index (χ3v) is 2.18. The van der Waals surface area contributed by atoms with E-state index in [0.717, 1.165) is 6.08 Å². The topological polar surface area (TPSA) is 74.6 Å². The maximum Gasteiger partial charge on any atom is 0.336 e. The molecule has 16 heavy (non-hydrogen) atoms. The summed E-state index contributed by atoms with van der Waals surface area (Å²) in [6, 6.07) is 6.37. The number of aromatic carboxylic acids is 1. The first-order valence-electron chi connectivity index (χ1n) is 4.82. The predicted molar refractivity (Wildman–Crippen MR) is 59.3 cm³/mol. The number of carbonyl (C=O) groups is 2. The van der Waals surface area contributed by atoms with Gasteiger partial charge in [0.25, 0.3) is 0 Å². The van der Waals surface area contributed by atoms with Crippen molar-refractivity contribution in [3.8, 4) is 0 Å². The standard InChI is InChI=1S/C12H12O4/c1-2-8(7-11(13)14)9-5-3-4-6-10(9)12(15)16/h3-7H,2H2,1H3,(H,13,14)(H,15,16). The second-order valence-electron chi connectivity index (χ2n) is 3.21. The molecule has 0 bridgehead atoms. The van der Waals surface area contributed by atoms with Crippen molar-refractivity contribution in [1.82, 2.24) is 0 Å². The molecule has 0 fully saturated rings. The van der Waals surface area contributed by atoms with Crippen molar-refractivity contribution in [3.05, 3.63) is 41.5 Å². The van der Waals surface area contributed by atoms with Crippen LogP contribution in [0, 0.1) is 0 Å². The number of allylic oxidation sites excluding steroid dienone is 1. The molecule has 0 unspecified atom stereocenters. The van der Waals surface area contributed by atoms with E-state index in [2.05, 4.69) is 0 Å². The lowest BCUT2D eigenvalue weighted by atomic mass is 9.97. The number of aliphatic carboxylic acids is 1. The molecule has 0 atom stereocenters. The Bertz CT molecular complexity index is 446. The van der Waals surface area contributed by atoms with Gasteiger partial charge in [-0.1, -0.05) is 25.1 Å². The molecule has 4 heteroatoms. The highest BCUT2D eigenvalue weighted by molar-refractivity contribution is 5.97. The van der Waals surface area contributed by atoms with Gasteiger partial charge in [0, 0.05) is 6.08 Å². The average Bonchev–Trinajstić information content (AvgIpc) is 2.25. The molecule has 0 radical (unpaired) electrons. The summed E-state index contributed by atoms with van der Waals surface area (Å²) in [6.07, 6.45) is 1.51. The van der Waals surface area contributed by atoms with Crippen LogP contribution in [0.25, 0.3) is 5.57 Å². The molecule has 2 N–H and O–H groups in total. The van der Waals surface area contributed by atoms with E-state index in [1.54, 1.807) is 25.1 Å². The van der Waals surface area contributed by atoms with Gasteiger partial charge in [0.15, 0.2) is 0 Å². The van der Waals surface area contributed by atoms with E-state index in [0.29, 0.717) is 17.6 Å². The van der Waals surface area contributed by atoms with Crippen LogP contribution in [0.3, 0.4) is 0 Å². The zero-order chi connectivity index (χ0) is 12.1. The predicted octanol–water partition coefficient (Wildman–Crippen LogP) is 2.26. The van der Waals surface area contributed by atoms with E-state index in [4.69, 9.17) is 10.2 Å². The molecule has 0 aromatic heterocycles. The van der Waals surface area contributed by atoms with Gasteiger partial charge in [0.2, 0.25) is 0 Å². The van der Waals surface area contributed by atoms with Crippen LogP contribution in [0.1, 0.15) is 29.3 Å². The van der Waals surface area contributed by atoms with Gasteiger partial charge >= 0.3 is 11.9 Å². The number of carboxylic acid groups (broad SMARTS) is 2. The first-order valence-corrected chi connectivity index (χ1v) is 4.82. The van der Waals surface area contributed by atoms with Crippen LogP contribution < -0.4 is 0 Å². The molecular weight excluding hydrogens is 208 g/mol. The first kappa shape index (κ1) is 12.0. The van der Waals surface area contributed by atoms with Gasteiger partial charge in [-0.05, 0) is 23.6 Å². The normalized spacial score (nSPS) is 11.2. The van der Waals surface area contributed by atoms with E-state index in [1.165, 1.54) is 6.07 Å². The molecule has 0 heterocycles. The summed E-state index contributed by atoms with van der Waals surface area (Å²) >= 11 is 0. The van der Waals surface area contributed by atoms with E-state index in [9.17, 15) is 9.59 Å². The minimum absolute atomic E-state index is 0.122. The van der Waals surface area contributed by atoms with Crippen molar-refractivity contribution in [1.29, 1.82) is 0 Å². The van der Waals surface area contributed by atoms with Gasteiger partial charge in [0.1, 0.15) is 0 Å². The van der Waals surface area contributed by atoms with Gasteiger partial charge in [0.05, 0.1) is 5.56 Å². The molecule has 84 valence electrons. The monoisotopic (exact) mass is 220 g/mol. The largest absolute Gasteiger partial charge is 0.478 e. The van der Waals surface area contributed by atoms with E-state index in [-0.39, 0.29) is 5.56 Å². The highest BCUT2D eigenvalue weighted by atomic mass is 16.4. The van der Waals surface area contributed by atoms with Crippen molar-refractivity contribution in [2.24, 2.45) is 0 Å². The van der Waals surface area contributed by atoms with Crippen molar-refractivity contribution in [2.45, 2.75) is 13.3 Å². The highest BCUT2D eigenvalue weighted by Crippen LogP contribution is 2.22. The first-order chi connectivity index (χ1) is 7.56. The molecule has 0 aliphatic rings. The zero-order valence-electron chi connectivity index (χ0n) is 8.80. The molecule has 0 saturated heterocycles. The van der Waals surface area contributed by atoms with Crippen LogP contribution in [0.2, 0.25) is 0 Å². The van der Waals surface area contributed by atoms with Gasteiger partial charge in [-0.2, -0.15) is 0 Å². The fraction of sp³-hybridized carbons (Fsp3) is 0.167. The van der Waals surface area contributed by atoms with Crippen molar-refractivity contribution >= 4 is 17.5 Å². The Labute approximate surface area is 92.8 Å². The Morgan fingerprint density at radius 2 is 1.75 bits per heavy atom. The number of benzene rings is 1. The summed E-state index contributed by atoms with van der Waals surface area (Å²) in [5.74, 6) is -2.13. The Balaban J connectivity index is 3.30. The smallest absolute Gasteiger partial charge is 0.336 e. The van der Waals surface area contributed by atoms with Gasteiger partial charge in [-0.15, -0.1) is 0 Å². The van der Waals surface area contributed by atoms with Gasteiger partial charge in [-0.3, -0.25) is 0 Å². The number of carboxylic acids is 2. The third-order valence-electron chi connectivity index (χ3n) is 2.18. The van der Waals surface area contributed by atoms with Crippen LogP contribution >= 0.6 is 0 Å². The minimum Gasteiger partial charge on any atom is -0.478 e. The quantitative estimate of drug-likeness (QED) is 0.763. The number of hydrogen-bond acceptors (Lipinski definition) is 2. The molecule has 4 nitrogen and oxygen atoms in total. The van der Waals surface area contributed by atoms with Gasteiger partial charge < -0.3 is 10.2 Å². The van der Waals surface area contributed by atoms with Crippen molar-refractivity contribution < 1.29 is 19.8 Å². The molecule has 1 aromatic carbocycles. The zero-order valence-corrected chi connectivity index (χ0v) is 8.80. The minimum atomic E-state index is -1.07. The Kier molecular flexibility index (Phi) is 3.83. The lowest BCUT2D eigenvalue weighted by molar-refractivity contribution is -0.131. The second kappa shape index (κ2) is 5.11. The molecule has 0 saturated carbocycles. The summed E-state index contributed by atoms with van der Waals surface area (Å²) in [6.45, 7) is 1.79. The summed E-state index contributed by atoms with van der Waals surface area (Å²) in [5, 5.41) is 17.7. The molecule has 0 aliphatic carbocycles. The maximum atomic E-state index is 11.0. The van der Waals surface area contributed by atoms with Crippen molar-refractivity contribution in [2.75, 3.05) is 0 Å². The summed E-state index contributed by atoms with van der Waals surface area (Å²) in [5.41, 5.74) is 1.09. The number of rotatable bonds is 4. The molecule has 1 aromatic rings. The average molecular weight is 220 g/mol. The molecule has 0 spiro atoms. The Hall–Kier alpha value is -2.10. The van der Waals surface area contributed by atoms with Crippen molar-refractivity contribution in [3.63, 3.8) is 0 Å². The van der Waals surface area contributed by atoms with Crippen LogP contribution in [-0.2, 0) is 4.79 Å². The fourth-order valence-corrected chi connectivity index (χ4v) is 1.47. The summed E-state index contributed by atoms with van der Waals surface area (Å²) in [4.78, 5) is 21.6. The summed E-state index contributed by atoms with van der Waals surface area (Å²) < 4.78 is 0. The van der Waals surface area contributed by atoms with Crippen LogP contribution in [0.4, 0.5) is 0 Å². The molecule has 0 aliphatic heterocycles. The molecule has 1 rings (SSSR count). The Morgan fingerprint density at radius 3 is 2.19 bits per heavy atom. The maximum absolute atomic E-state index is 11.0. The fourth-order valence-electron chi connectivity index (χ4n) is 1.47. The van der Waals surface area contributed by atoms with E-state index >= 15 is 0 Å². The van der Waals surface area contributed by atoms with Crippen LogP contribution in [0.15, 0.2) is 30.3 Å². The molecule has 0 amide bonds. The molecular formula is C12H12O4. The van der Waals surface area contributed by atoms with Gasteiger partial charge in [-0.25, -0.2) is 9.59 Å². The van der Waals surface area contributed by atoms with Crippen LogP contribution in [0.5, 0.6) is 0 Å². The number of hydrogen-bond donors (Lipinski definition) is 2. The lowest BCUT2D eigenvalue weighted by Gasteiger charge is -2.07. The Morgan fingerprint density at radius 1 is 1.19 bits per heavy atom. The third kappa shape index (κ3) is 2.70. The van der Waals surface area contributed by atoms with Crippen LogP contribution in [-0.4, -0.2) is 22.2 Å². The lowest BCUT2D eigenvalue weighted by Crippen LogP contribution is -2.02. The second-order valence-corrected chi connectivity index (χ2v) is 3.21. The van der Waals surface area contributed by atoms with E-state index in [1.807, 2.05) is 0 Å². The summed E-state index contributed by atoms with van der Waals surface area (Å²) in [7, 11) is 0. The SMILES string of the molecule is CCC(=CC(=O)O)c1ccccc1C(=O)O.